The number of benzene rings is 2. The van der Waals surface area contributed by atoms with Crippen LogP contribution in [0.1, 0.15) is 35.4 Å². The van der Waals surface area contributed by atoms with E-state index in [-0.39, 0.29) is 16.8 Å². The van der Waals surface area contributed by atoms with Crippen molar-refractivity contribution in [3.05, 3.63) is 112 Å². The summed E-state index contributed by atoms with van der Waals surface area (Å²) in [4.78, 5) is 42.6. The van der Waals surface area contributed by atoms with Gasteiger partial charge in [-0.25, -0.2) is 9.79 Å². The molecule has 3 heterocycles. The van der Waals surface area contributed by atoms with Gasteiger partial charge in [0.1, 0.15) is 17.3 Å². The van der Waals surface area contributed by atoms with E-state index in [0.29, 0.717) is 49.0 Å². The summed E-state index contributed by atoms with van der Waals surface area (Å²) < 4.78 is 18.4. The minimum absolute atomic E-state index is 0.00623. The Hall–Kier alpha value is -4.77. The molecule has 2 aromatic carbocycles. The van der Waals surface area contributed by atoms with E-state index in [1.54, 1.807) is 57.4 Å². The van der Waals surface area contributed by atoms with Crippen LogP contribution in [0.3, 0.4) is 0 Å². The van der Waals surface area contributed by atoms with Gasteiger partial charge in [0.2, 0.25) is 0 Å². The van der Waals surface area contributed by atoms with E-state index >= 15 is 0 Å². The van der Waals surface area contributed by atoms with Crippen molar-refractivity contribution >= 4 is 29.1 Å². The van der Waals surface area contributed by atoms with Gasteiger partial charge in [-0.3, -0.25) is 19.5 Å². The molecule has 1 atom stereocenters. The number of carbonyl (C=O) groups is 1. The molecule has 0 radical (unpaired) electrons. The molecule has 1 aliphatic heterocycles. The molecule has 0 N–H and O–H groups in total. The van der Waals surface area contributed by atoms with Crippen molar-refractivity contribution in [2.24, 2.45) is 4.99 Å². The molecule has 204 valence electrons. The van der Waals surface area contributed by atoms with Gasteiger partial charge in [0.05, 0.1) is 41.0 Å². The lowest BCUT2D eigenvalue weighted by molar-refractivity contribution is -0.385. The number of carbonyl (C=O) groups excluding carboxylic acids is 1. The summed E-state index contributed by atoms with van der Waals surface area (Å²) in [6.45, 7) is 5.28. The van der Waals surface area contributed by atoms with Crippen molar-refractivity contribution < 1.29 is 23.6 Å². The van der Waals surface area contributed by atoms with Crippen LogP contribution in [0.15, 0.2) is 74.0 Å². The van der Waals surface area contributed by atoms with E-state index in [1.165, 1.54) is 29.1 Å². The molecule has 40 heavy (non-hydrogen) atoms. The maximum atomic E-state index is 13.8. The molecule has 0 aliphatic carbocycles. The van der Waals surface area contributed by atoms with Crippen LogP contribution in [0.2, 0.25) is 0 Å². The van der Waals surface area contributed by atoms with E-state index in [2.05, 4.69) is 4.99 Å². The third-order valence-corrected chi connectivity index (χ3v) is 7.83. The van der Waals surface area contributed by atoms with Crippen LogP contribution in [0.25, 0.3) is 17.4 Å². The van der Waals surface area contributed by atoms with Gasteiger partial charge in [-0.15, -0.1) is 0 Å². The van der Waals surface area contributed by atoms with E-state index in [0.717, 1.165) is 5.56 Å². The zero-order valence-electron chi connectivity index (χ0n) is 22.4. The lowest BCUT2D eigenvalue weighted by atomic mass is 9.95. The van der Waals surface area contributed by atoms with Crippen molar-refractivity contribution in [2.45, 2.75) is 26.8 Å². The summed E-state index contributed by atoms with van der Waals surface area (Å²) in [5, 5.41) is 11.4. The van der Waals surface area contributed by atoms with Gasteiger partial charge in [-0.1, -0.05) is 35.6 Å². The molecular weight excluding hydrogens is 534 g/mol. The Bertz CT molecular complexity index is 1890. The normalized spacial score (nSPS) is 15.0. The van der Waals surface area contributed by atoms with E-state index in [9.17, 15) is 19.7 Å². The summed E-state index contributed by atoms with van der Waals surface area (Å²) in [5.41, 5.74) is 2.99. The fraction of sp³-hybridized carbons (Fsp3) is 0.207. The molecule has 11 heteroatoms. The van der Waals surface area contributed by atoms with E-state index in [4.69, 9.17) is 13.9 Å². The van der Waals surface area contributed by atoms with Gasteiger partial charge >= 0.3 is 5.97 Å². The fourth-order valence-corrected chi connectivity index (χ4v) is 5.83. The number of hydrogen-bond donors (Lipinski definition) is 0. The maximum Gasteiger partial charge on any atom is 0.338 e. The average molecular weight is 560 g/mol. The Kier molecular flexibility index (Phi) is 6.99. The summed E-state index contributed by atoms with van der Waals surface area (Å²) in [7, 11) is 2.85. The number of methoxy groups -OCH3 is 2. The van der Waals surface area contributed by atoms with Gasteiger partial charge in [0.25, 0.3) is 11.2 Å². The first-order valence-corrected chi connectivity index (χ1v) is 13.1. The molecule has 0 spiro atoms. The van der Waals surface area contributed by atoms with Crippen LogP contribution in [-0.4, -0.2) is 29.7 Å². The minimum Gasteiger partial charge on any atom is -0.496 e. The van der Waals surface area contributed by atoms with Crippen LogP contribution in [-0.2, 0) is 9.53 Å². The highest BCUT2D eigenvalue weighted by atomic mass is 32.1. The quantitative estimate of drug-likeness (QED) is 0.197. The van der Waals surface area contributed by atoms with E-state index in [1.807, 2.05) is 19.1 Å². The lowest BCUT2D eigenvalue weighted by Gasteiger charge is -2.25. The Labute approximate surface area is 232 Å². The Morgan fingerprint density at radius 2 is 1.93 bits per heavy atom. The second-order valence-corrected chi connectivity index (χ2v) is 10.2. The smallest absolute Gasteiger partial charge is 0.338 e. The number of thiazole rings is 1. The molecule has 0 fully saturated rings. The van der Waals surface area contributed by atoms with Gasteiger partial charge in [0, 0.05) is 23.3 Å². The van der Waals surface area contributed by atoms with Crippen molar-refractivity contribution in [3.63, 3.8) is 0 Å². The van der Waals surface area contributed by atoms with Gasteiger partial charge in [0.15, 0.2) is 4.80 Å². The lowest BCUT2D eigenvalue weighted by Crippen LogP contribution is -2.39. The third-order valence-electron chi connectivity index (χ3n) is 6.84. The second-order valence-electron chi connectivity index (χ2n) is 9.21. The SMILES string of the molecule is COC(=O)C1=C(C)N=c2s/c(=C/c3ccc(-c4cccc([N+](=O)[O-])c4C)o3)c(=O)n2[C@H]1c1ccc(C)c(OC)c1. The van der Waals surface area contributed by atoms with Crippen LogP contribution < -0.4 is 19.6 Å². The number of rotatable bonds is 6. The molecule has 5 rings (SSSR count). The summed E-state index contributed by atoms with van der Waals surface area (Å²) in [6.07, 6.45) is 1.60. The van der Waals surface area contributed by atoms with Gasteiger partial charge in [-0.05, 0) is 50.1 Å². The van der Waals surface area contributed by atoms with Crippen molar-refractivity contribution in [2.75, 3.05) is 14.2 Å². The Balaban J connectivity index is 1.65. The molecule has 0 unspecified atom stereocenters. The highest BCUT2D eigenvalue weighted by Crippen LogP contribution is 2.34. The number of ether oxygens (including phenoxy) is 2. The second kappa shape index (κ2) is 10.4. The van der Waals surface area contributed by atoms with Crippen LogP contribution >= 0.6 is 11.3 Å². The number of nitro groups is 1. The fourth-order valence-electron chi connectivity index (χ4n) is 4.81. The molecule has 1 aliphatic rings. The number of hydrogen-bond acceptors (Lipinski definition) is 9. The number of fused-ring (bicyclic) bond motifs is 1. The number of aromatic nitrogens is 1. The largest absolute Gasteiger partial charge is 0.496 e. The highest BCUT2D eigenvalue weighted by molar-refractivity contribution is 7.07. The molecular formula is C29H25N3O7S. The summed E-state index contributed by atoms with van der Waals surface area (Å²) in [6, 6.07) is 12.9. The molecule has 0 bridgehead atoms. The third kappa shape index (κ3) is 4.54. The minimum atomic E-state index is -0.778. The highest BCUT2D eigenvalue weighted by Gasteiger charge is 2.33. The average Bonchev–Trinajstić information content (AvgIpc) is 3.52. The summed E-state index contributed by atoms with van der Waals surface area (Å²) >= 11 is 1.17. The van der Waals surface area contributed by atoms with Crippen LogP contribution in [0.4, 0.5) is 5.69 Å². The Morgan fingerprint density at radius 3 is 2.62 bits per heavy atom. The molecule has 0 saturated heterocycles. The number of nitrogens with zero attached hydrogens (tertiary/aromatic N) is 3. The molecule has 4 aromatic rings. The van der Waals surface area contributed by atoms with Crippen molar-refractivity contribution in [1.82, 2.24) is 4.57 Å². The monoisotopic (exact) mass is 559 g/mol. The van der Waals surface area contributed by atoms with Crippen LogP contribution in [0.5, 0.6) is 5.75 Å². The zero-order valence-corrected chi connectivity index (χ0v) is 23.2. The standard InChI is InChI=1S/C29H25N3O7S/c1-15-9-10-18(13-23(15)37-4)26-25(28(34)38-5)17(3)30-29-31(26)27(33)24(40-29)14-19-11-12-22(39-19)20-7-6-8-21(16(20)2)32(35)36/h6-14,26H,1-5H3/b24-14+/t26-/m0/s1. The Morgan fingerprint density at radius 1 is 1.15 bits per heavy atom. The van der Waals surface area contributed by atoms with Crippen molar-refractivity contribution in [3.8, 4) is 17.1 Å². The zero-order chi connectivity index (χ0) is 28.7. The predicted octanol–water partition coefficient (Wildman–Crippen LogP) is 4.20. The van der Waals surface area contributed by atoms with Crippen LogP contribution in [0, 0.1) is 24.0 Å². The first kappa shape index (κ1) is 26.8. The molecule has 0 saturated carbocycles. The number of aryl methyl sites for hydroxylation is 1. The summed E-state index contributed by atoms with van der Waals surface area (Å²) in [5.74, 6) is 0.874. The van der Waals surface area contributed by atoms with E-state index < -0.39 is 16.9 Å². The maximum absolute atomic E-state index is 13.8. The number of allylic oxidation sites excluding steroid dienone is 1. The molecule has 2 aromatic heterocycles. The first-order chi connectivity index (χ1) is 19.1. The predicted molar refractivity (Wildman–Crippen MR) is 149 cm³/mol. The number of esters is 1. The van der Waals surface area contributed by atoms with Gasteiger partial charge < -0.3 is 13.9 Å². The van der Waals surface area contributed by atoms with Crippen molar-refractivity contribution in [1.29, 1.82) is 0 Å². The number of furan rings is 1. The molecule has 0 amide bonds. The topological polar surface area (TPSA) is 126 Å². The first-order valence-electron chi connectivity index (χ1n) is 12.2. The molecule has 10 nitrogen and oxygen atoms in total. The van der Waals surface area contributed by atoms with Gasteiger partial charge in [-0.2, -0.15) is 0 Å². The number of nitro benzene ring substituents is 1.